The van der Waals surface area contributed by atoms with Crippen LogP contribution in [0.25, 0.3) is 0 Å². The summed E-state index contributed by atoms with van der Waals surface area (Å²) < 4.78 is 0. The molecule has 1 aromatic rings. The number of hydrogen-bond acceptors (Lipinski definition) is 2. The van der Waals surface area contributed by atoms with Crippen molar-refractivity contribution in [1.29, 1.82) is 0 Å². The highest BCUT2D eigenvalue weighted by Crippen LogP contribution is 2.08. The number of anilines is 1. The second-order valence-electron chi connectivity index (χ2n) is 5.21. The highest BCUT2D eigenvalue weighted by Gasteiger charge is 2.11. The van der Waals surface area contributed by atoms with Gasteiger partial charge in [0.25, 0.3) is 0 Å². The molecule has 18 heavy (non-hydrogen) atoms. The third kappa shape index (κ3) is 5.32. The van der Waals surface area contributed by atoms with Gasteiger partial charge in [0.2, 0.25) is 5.91 Å². The van der Waals surface area contributed by atoms with Gasteiger partial charge in [-0.25, -0.2) is 0 Å². The maximum Gasteiger partial charge on any atom is 0.241 e. The van der Waals surface area contributed by atoms with E-state index in [1.54, 1.807) is 0 Å². The molecule has 0 radical (unpaired) electrons. The Balaban J connectivity index is 2.37. The molecule has 0 heterocycles. The lowest BCUT2D eigenvalue weighted by Crippen LogP contribution is -2.38. The van der Waals surface area contributed by atoms with Gasteiger partial charge in [0.1, 0.15) is 0 Å². The summed E-state index contributed by atoms with van der Waals surface area (Å²) in [5.41, 5.74) is 2.04. The molecule has 0 fully saturated rings. The molecule has 3 nitrogen and oxygen atoms in total. The number of rotatable bonds is 6. The first-order chi connectivity index (χ1) is 8.49. The number of amides is 1. The molecule has 0 saturated carbocycles. The topological polar surface area (TPSA) is 41.1 Å². The number of hydrogen-bond donors (Lipinski definition) is 2. The third-order valence-electron chi connectivity index (χ3n) is 2.88. The molecule has 0 aromatic heterocycles. The summed E-state index contributed by atoms with van der Waals surface area (Å²) in [5.74, 6) is 0.674. The Morgan fingerprint density at radius 1 is 1.17 bits per heavy atom. The number of carbonyl (C=O) groups excluding carboxylic acids is 1. The van der Waals surface area contributed by atoms with Crippen LogP contribution >= 0.6 is 0 Å². The van der Waals surface area contributed by atoms with Gasteiger partial charge in [0.15, 0.2) is 0 Å². The minimum absolute atomic E-state index is 0.0163. The average molecular weight is 248 g/mol. The molecule has 0 bridgehead atoms. The second kappa shape index (κ2) is 7.17. The molecule has 1 atom stereocenters. The van der Waals surface area contributed by atoms with Crippen molar-refractivity contribution in [3.05, 3.63) is 29.8 Å². The maximum atomic E-state index is 11.9. The molecule has 0 saturated heterocycles. The van der Waals surface area contributed by atoms with Gasteiger partial charge in [-0.1, -0.05) is 31.5 Å². The van der Waals surface area contributed by atoms with Crippen molar-refractivity contribution < 1.29 is 4.79 Å². The van der Waals surface area contributed by atoms with E-state index in [1.165, 1.54) is 5.56 Å². The quantitative estimate of drug-likeness (QED) is 0.812. The maximum absolute atomic E-state index is 11.9. The molecular weight excluding hydrogens is 224 g/mol. The molecule has 2 N–H and O–H groups in total. The summed E-state index contributed by atoms with van der Waals surface area (Å²) in [4.78, 5) is 11.9. The zero-order valence-electron chi connectivity index (χ0n) is 11.8. The number of aryl methyl sites for hydroxylation is 1. The minimum Gasteiger partial charge on any atom is -0.325 e. The third-order valence-corrected chi connectivity index (χ3v) is 2.88. The lowest BCUT2D eigenvalue weighted by atomic mass is 10.1. The molecule has 0 unspecified atom stereocenters. The summed E-state index contributed by atoms with van der Waals surface area (Å²) in [6.45, 7) is 9.16. The fourth-order valence-corrected chi connectivity index (χ4v) is 1.57. The Morgan fingerprint density at radius 3 is 2.33 bits per heavy atom. The fourth-order valence-electron chi connectivity index (χ4n) is 1.57. The zero-order chi connectivity index (χ0) is 13.5. The first-order valence-electron chi connectivity index (χ1n) is 6.60. The van der Waals surface area contributed by atoms with Crippen LogP contribution in [0.1, 0.15) is 32.8 Å². The van der Waals surface area contributed by atoms with Gasteiger partial charge in [-0.3, -0.25) is 4.79 Å². The second-order valence-corrected chi connectivity index (χ2v) is 5.21. The molecular formula is C15H24N2O. The molecule has 0 aliphatic carbocycles. The fraction of sp³-hybridized carbons (Fsp3) is 0.533. The van der Waals surface area contributed by atoms with Gasteiger partial charge in [0.05, 0.1) is 6.04 Å². The van der Waals surface area contributed by atoms with E-state index in [4.69, 9.17) is 0 Å². The van der Waals surface area contributed by atoms with Crippen molar-refractivity contribution in [3.63, 3.8) is 0 Å². The monoisotopic (exact) mass is 248 g/mol. The number of benzene rings is 1. The molecule has 3 heteroatoms. The lowest BCUT2D eigenvalue weighted by Gasteiger charge is -2.15. The summed E-state index contributed by atoms with van der Waals surface area (Å²) in [6.07, 6.45) is 1.09. The van der Waals surface area contributed by atoms with Crippen LogP contribution in [-0.2, 0) is 4.79 Å². The van der Waals surface area contributed by atoms with Crippen LogP contribution in [0, 0.1) is 12.8 Å². The van der Waals surface area contributed by atoms with E-state index in [0.717, 1.165) is 18.7 Å². The normalized spacial score (nSPS) is 12.5. The van der Waals surface area contributed by atoms with E-state index in [9.17, 15) is 4.79 Å². The van der Waals surface area contributed by atoms with Gasteiger partial charge < -0.3 is 10.6 Å². The Bertz CT molecular complexity index is 371. The van der Waals surface area contributed by atoms with Crippen LogP contribution < -0.4 is 10.6 Å². The predicted molar refractivity (Wildman–Crippen MR) is 76.7 cm³/mol. The minimum atomic E-state index is -0.162. The van der Waals surface area contributed by atoms with Crippen LogP contribution in [-0.4, -0.2) is 18.5 Å². The van der Waals surface area contributed by atoms with E-state index in [2.05, 4.69) is 24.5 Å². The summed E-state index contributed by atoms with van der Waals surface area (Å²) in [7, 11) is 0. The molecule has 1 amide bonds. The highest BCUT2D eigenvalue weighted by atomic mass is 16.2. The van der Waals surface area contributed by atoms with Crippen molar-refractivity contribution in [2.24, 2.45) is 5.92 Å². The molecule has 0 spiro atoms. The molecule has 0 aliphatic heterocycles. The first-order valence-corrected chi connectivity index (χ1v) is 6.60. The van der Waals surface area contributed by atoms with Crippen molar-refractivity contribution in [1.82, 2.24) is 5.32 Å². The van der Waals surface area contributed by atoms with E-state index in [1.807, 2.05) is 38.1 Å². The summed E-state index contributed by atoms with van der Waals surface area (Å²) in [6, 6.07) is 7.67. The van der Waals surface area contributed by atoms with Gasteiger partial charge in [0, 0.05) is 5.69 Å². The smallest absolute Gasteiger partial charge is 0.241 e. The van der Waals surface area contributed by atoms with Crippen LogP contribution in [0.15, 0.2) is 24.3 Å². The highest BCUT2D eigenvalue weighted by molar-refractivity contribution is 5.94. The van der Waals surface area contributed by atoms with E-state index in [-0.39, 0.29) is 11.9 Å². The van der Waals surface area contributed by atoms with Crippen molar-refractivity contribution in [2.45, 2.75) is 40.2 Å². The molecule has 1 rings (SSSR count). The van der Waals surface area contributed by atoms with E-state index >= 15 is 0 Å². The van der Waals surface area contributed by atoms with Gasteiger partial charge in [-0.05, 0) is 44.9 Å². The van der Waals surface area contributed by atoms with Gasteiger partial charge >= 0.3 is 0 Å². The first kappa shape index (κ1) is 14.7. The van der Waals surface area contributed by atoms with Gasteiger partial charge in [-0.2, -0.15) is 0 Å². The van der Waals surface area contributed by atoms with Gasteiger partial charge in [-0.15, -0.1) is 0 Å². The van der Waals surface area contributed by atoms with Crippen LogP contribution in [0.5, 0.6) is 0 Å². The largest absolute Gasteiger partial charge is 0.325 e. The van der Waals surface area contributed by atoms with Crippen molar-refractivity contribution in [2.75, 3.05) is 11.9 Å². The number of carbonyl (C=O) groups is 1. The van der Waals surface area contributed by atoms with Crippen molar-refractivity contribution >= 4 is 11.6 Å². The van der Waals surface area contributed by atoms with E-state index in [0.29, 0.717) is 5.92 Å². The molecule has 0 aliphatic rings. The Morgan fingerprint density at radius 2 is 1.78 bits per heavy atom. The number of nitrogens with one attached hydrogen (secondary N) is 2. The molecule has 100 valence electrons. The molecule has 1 aromatic carbocycles. The average Bonchev–Trinajstić information content (AvgIpc) is 2.31. The summed E-state index contributed by atoms with van der Waals surface area (Å²) in [5, 5.41) is 6.14. The standard InChI is InChI=1S/C15H24N2O/c1-11(2)9-10-16-13(4)15(18)17-14-7-5-12(3)6-8-14/h5-8,11,13,16H,9-10H2,1-4H3,(H,17,18)/t13-/m1/s1. The van der Waals surface area contributed by atoms with Crippen LogP contribution in [0.2, 0.25) is 0 Å². The summed E-state index contributed by atoms with van der Waals surface area (Å²) >= 11 is 0. The Kier molecular flexibility index (Phi) is 5.86. The Labute approximate surface area is 110 Å². The lowest BCUT2D eigenvalue weighted by molar-refractivity contribution is -0.117. The van der Waals surface area contributed by atoms with E-state index < -0.39 is 0 Å². The zero-order valence-corrected chi connectivity index (χ0v) is 11.8. The van der Waals surface area contributed by atoms with Crippen molar-refractivity contribution in [3.8, 4) is 0 Å². The predicted octanol–water partition coefficient (Wildman–Crippen LogP) is 2.96. The van der Waals surface area contributed by atoms with Crippen LogP contribution in [0.3, 0.4) is 0 Å². The SMILES string of the molecule is Cc1ccc(NC(=O)[C@@H](C)NCCC(C)C)cc1. The van der Waals surface area contributed by atoms with Crippen LogP contribution in [0.4, 0.5) is 5.69 Å². The Hall–Kier alpha value is -1.35.